The number of hydrogen-bond acceptors (Lipinski definition) is 3. The number of aromatic nitrogens is 2. The van der Waals surface area contributed by atoms with Crippen LogP contribution in [0, 0.1) is 6.92 Å². The summed E-state index contributed by atoms with van der Waals surface area (Å²) in [6.45, 7) is 4.22. The Morgan fingerprint density at radius 1 is 1.05 bits per heavy atom. The third-order valence-corrected chi connectivity index (χ3v) is 3.02. The minimum Gasteiger partial charge on any atom is -0.396 e. The van der Waals surface area contributed by atoms with Crippen LogP contribution in [0.2, 0.25) is 0 Å². The molecule has 1 aromatic heterocycles. The number of aryl methyl sites for hydroxylation is 2. The number of aliphatic hydroxyl groups excluding tert-OH is 1. The Labute approximate surface area is 114 Å². The van der Waals surface area contributed by atoms with Crippen molar-refractivity contribution in [1.29, 1.82) is 0 Å². The Morgan fingerprint density at radius 2 is 1.79 bits per heavy atom. The van der Waals surface area contributed by atoms with Gasteiger partial charge in [0.1, 0.15) is 5.82 Å². The van der Waals surface area contributed by atoms with Crippen molar-refractivity contribution >= 4 is 0 Å². The SMILES string of the molecule is CCCc1ccc(-c2cc(C)nc(CCO)n2)cc1. The molecular weight excluding hydrogens is 236 g/mol. The molecule has 0 amide bonds. The molecule has 3 nitrogen and oxygen atoms in total. The Kier molecular flexibility index (Phi) is 4.63. The molecular formula is C16H20N2O. The van der Waals surface area contributed by atoms with Gasteiger partial charge in [-0.05, 0) is 25.0 Å². The second-order valence-electron chi connectivity index (χ2n) is 4.73. The summed E-state index contributed by atoms with van der Waals surface area (Å²) in [6, 6.07) is 10.5. The second kappa shape index (κ2) is 6.43. The maximum absolute atomic E-state index is 8.99. The summed E-state index contributed by atoms with van der Waals surface area (Å²) in [5, 5.41) is 8.99. The second-order valence-corrected chi connectivity index (χ2v) is 4.73. The molecule has 0 spiro atoms. The van der Waals surface area contributed by atoms with Crippen molar-refractivity contribution in [1.82, 2.24) is 9.97 Å². The monoisotopic (exact) mass is 256 g/mol. The Balaban J connectivity index is 2.29. The molecule has 0 bridgehead atoms. The lowest BCUT2D eigenvalue weighted by Gasteiger charge is -2.06. The van der Waals surface area contributed by atoms with Crippen molar-refractivity contribution in [2.24, 2.45) is 0 Å². The molecule has 0 aliphatic carbocycles. The van der Waals surface area contributed by atoms with Gasteiger partial charge in [0.25, 0.3) is 0 Å². The zero-order valence-electron chi connectivity index (χ0n) is 11.6. The summed E-state index contributed by atoms with van der Waals surface area (Å²) < 4.78 is 0. The minimum atomic E-state index is 0.0817. The Bertz CT molecular complexity index is 535. The molecule has 2 rings (SSSR count). The van der Waals surface area contributed by atoms with E-state index in [-0.39, 0.29) is 6.61 Å². The summed E-state index contributed by atoms with van der Waals surface area (Å²) in [7, 11) is 0. The fraction of sp³-hybridized carbons (Fsp3) is 0.375. The zero-order chi connectivity index (χ0) is 13.7. The van der Waals surface area contributed by atoms with Gasteiger partial charge in [0, 0.05) is 17.7 Å². The molecule has 1 heterocycles. The summed E-state index contributed by atoms with van der Waals surface area (Å²) in [4.78, 5) is 8.82. The average Bonchev–Trinajstić information content (AvgIpc) is 2.40. The Morgan fingerprint density at radius 3 is 2.42 bits per heavy atom. The van der Waals surface area contributed by atoms with Gasteiger partial charge in [0.2, 0.25) is 0 Å². The fourth-order valence-corrected chi connectivity index (χ4v) is 2.12. The largest absolute Gasteiger partial charge is 0.396 e. The highest BCUT2D eigenvalue weighted by Gasteiger charge is 2.04. The summed E-state index contributed by atoms with van der Waals surface area (Å²) in [5.41, 5.74) is 4.32. The standard InChI is InChI=1S/C16H20N2O/c1-3-4-13-5-7-14(8-6-13)15-11-12(2)17-16(18-15)9-10-19/h5-8,11,19H,3-4,9-10H2,1-2H3. The van der Waals surface area contributed by atoms with Crippen LogP contribution < -0.4 is 0 Å². The molecule has 0 saturated heterocycles. The van der Waals surface area contributed by atoms with Crippen LogP contribution in [0.5, 0.6) is 0 Å². The van der Waals surface area contributed by atoms with E-state index in [1.165, 1.54) is 5.56 Å². The van der Waals surface area contributed by atoms with Crippen LogP contribution >= 0.6 is 0 Å². The van der Waals surface area contributed by atoms with Gasteiger partial charge in [0.15, 0.2) is 0 Å². The van der Waals surface area contributed by atoms with E-state index >= 15 is 0 Å². The first kappa shape index (κ1) is 13.7. The van der Waals surface area contributed by atoms with Crippen molar-refractivity contribution in [2.45, 2.75) is 33.1 Å². The molecule has 3 heteroatoms. The van der Waals surface area contributed by atoms with Crippen molar-refractivity contribution < 1.29 is 5.11 Å². The van der Waals surface area contributed by atoms with Crippen LogP contribution in [0.25, 0.3) is 11.3 Å². The molecule has 2 aromatic rings. The van der Waals surface area contributed by atoms with Crippen molar-refractivity contribution in [2.75, 3.05) is 6.61 Å². The lowest BCUT2D eigenvalue weighted by Crippen LogP contribution is -2.01. The molecule has 0 radical (unpaired) electrons. The zero-order valence-corrected chi connectivity index (χ0v) is 11.6. The number of nitrogens with zero attached hydrogens (tertiary/aromatic N) is 2. The van der Waals surface area contributed by atoms with E-state index in [1.54, 1.807) is 0 Å². The molecule has 0 aliphatic heterocycles. The lowest BCUT2D eigenvalue weighted by atomic mass is 10.1. The van der Waals surface area contributed by atoms with E-state index in [0.717, 1.165) is 29.8 Å². The number of aliphatic hydroxyl groups is 1. The van der Waals surface area contributed by atoms with Gasteiger partial charge in [-0.3, -0.25) is 0 Å². The molecule has 19 heavy (non-hydrogen) atoms. The smallest absolute Gasteiger partial charge is 0.131 e. The van der Waals surface area contributed by atoms with Gasteiger partial charge < -0.3 is 5.11 Å². The van der Waals surface area contributed by atoms with E-state index < -0.39 is 0 Å². The molecule has 0 aliphatic rings. The summed E-state index contributed by atoms with van der Waals surface area (Å²) >= 11 is 0. The number of rotatable bonds is 5. The van der Waals surface area contributed by atoms with Crippen LogP contribution in [-0.2, 0) is 12.8 Å². The first-order valence-electron chi connectivity index (χ1n) is 6.77. The van der Waals surface area contributed by atoms with Gasteiger partial charge in [-0.1, -0.05) is 37.6 Å². The quantitative estimate of drug-likeness (QED) is 0.894. The predicted octanol–water partition coefficient (Wildman–Crippen LogP) is 2.94. The van der Waals surface area contributed by atoms with Crippen LogP contribution in [0.4, 0.5) is 0 Å². The minimum absolute atomic E-state index is 0.0817. The van der Waals surface area contributed by atoms with E-state index in [2.05, 4.69) is 41.2 Å². The highest BCUT2D eigenvalue weighted by Crippen LogP contribution is 2.19. The van der Waals surface area contributed by atoms with Gasteiger partial charge in [-0.2, -0.15) is 0 Å². The lowest BCUT2D eigenvalue weighted by molar-refractivity contribution is 0.296. The van der Waals surface area contributed by atoms with Crippen LogP contribution in [0.3, 0.4) is 0 Å². The van der Waals surface area contributed by atoms with Crippen molar-refractivity contribution in [3.05, 3.63) is 47.4 Å². The van der Waals surface area contributed by atoms with Crippen molar-refractivity contribution in [3.63, 3.8) is 0 Å². The maximum Gasteiger partial charge on any atom is 0.131 e. The van der Waals surface area contributed by atoms with Gasteiger partial charge in [-0.15, -0.1) is 0 Å². The molecule has 0 saturated carbocycles. The van der Waals surface area contributed by atoms with Gasteiger partial charge >= 0.3 is 0 Å². The first-order chi connectivity index (χ1) is 9.22. The maximum atomic E-state index is 8.99. The molecule has 0 atom stereocenters. The molecule has 100 valence electrons. The molecule has 0 unspecified atom stereocenters. The third-order valence-electron chi connectivity index (χ3n) is 3.02. The van der Waals surface area contributed by atoms with Crippen LogP contribution in [-0.4, -0.2) is 21.7 Å². The van der Waals surface area contributed by atoms with Crippen LogP contribution in [0.1, 0.15) is 30.4 Å². The van der Waals surface area contributed by atoms with E-state index in [9.17, 15) is 0 Å². The third kappa shape index (κ3) is 3.61. The van der Waals surface area contributed by atoms with E-state index in [0.29, 0.717) is 12.2 Å². The van der Waals surface area contributed by atoms with E-state index in [1.807, 2.05) is 13.0 Å². The van der Waals surface area contributed by atoms with Crippen LogP contribution in [0.15, 0.2) is 30.3 Å². The average molecular weight is 256 g/mol. The molecule has 1 aromatic carbocycles. The Hall–Kier alpha value is -1.74. The number of benzene rings is 1. The highest BCUT2D eigenvalue weighted by atomic mass is 16.3. The fourth-order valence-electron chi connectivity index (χ4n) is 2.12. The first-order valence-corrected chi connectivity index (χ1v) is 6.77. The topological polar surface area (TPSA) is 46.0 Å². The van der Waals surface area contributed by atoms with Gasteiger partial charge in [-0.25, -0.2) is 9.97 Å². The summed E-state index contributed by atoms with van der Waals surface area (Å²) in [5.74, 6) is 0.704. The molecule has 1 N–H and O–H groups in total. The summed E-state index contributed by atoms with van der Waals surface area (Å²) in [6.07, 6.45) is 2.77. The predicted molar refractivity (Wildman–Crippen MR) is 77.0 cm³/mol. The van der Waals surface area contributed by atoms with E-state index in [4.69, 9.17) is 5.11 Å². The van der Waals surface area contributed by atoms with Crippen molar-refractivity contribution in [3.8, 4) is 11.3 Å². The number of hydrogen-bond donors (Lipinski definition) is 1. The molecule has 0 fully saturated rings. The normalized spacial score (nSPS) is 10.7. The van der Waals surface area contributed by atoms with Gasteiger partial charge in [0.05, 0.1) is 12.3 Å². The highest BCUT2D eigenvalue weighted by molar-refractivity contribution is 5.59.